The molecule has 0 atom stereocenters. The summed E-state index contributed by atoms with van der Waals surface area (Å²) < 4.78 is 1.30. The predicted molar refractivity (Wildman–Crippen MR) is 55.6 cm³/mol. The summed E-state index contributed by atoms with van der Waals surface area (Å²) in [5.74, 6) is -1.08. The Morgan fingerprint density at radius 2 is 2.33 bits per heavy atom. The van der Waals surface area contributed by atoms with E-state index in [9.17, 15) is 9.59 Å². The van der Waals surface area contributed by atoms with E-state index in [1.54, 1.807) is 19.9 Å². The monoisotopic (exact) mass is 208 g/mol. The lowest BCUT2D eigenvalue weighted by Gasteiger charge is -2.03. The number of nitrogens with zero attached hydrogens (tertiary/aromatic N) is 2. The molecule has 5 heteroatoms. The molecule has 0 spiro atoms. The molecule has 0 bridgehead atoms. The summed E-state index contributed by atoms with van der Waals surface area (Å²) in [5.41, 5.74) is 0.744. The maximum atomic E-state index is 11.6. The number of carbonyl (C=O) groups is 1. The number of aromatic nitrogens is 2. The minimum absolute atomic E-state index is 0.277. The highest BCUT2D eigenvalue weighted by atomic mass is 16.4. The van der Waals surface area contributed by atoms with E-state index in [-0.39, 0.29) is 5.56 Å². The molecule has 1 aromatic rings. The van der Waals surface area contributed by atoms with Crippen molar-refractivity contribution in [1.82, 2.24) is 9.78 Å². The van der Waals surface area contributed by atoms with Crippen LogP contribution in [-0.4, -0.2) is 20.9 Å². The number of aliphatic carboxylic acids is 1. The van der Waals surface area contributed by atoms with Crippen LogP contribution < -0.4 is 5.56 Å². The maximum absolute atomic E-state index is 11.6. The largest absolute Gasteiger partial charge is 0.478 e. The first kappa shape index (κ1) is 11.2. The van der Waals surface area contributed by atoms with Crippen LogP contribution in [0.5, 0.6) is 0 Å². The van der Waals surface area contributed by atoms with E-state index in [1.807, 2.05) is 0 Å². The molecular formula is C10H12N2O3. The van der Waals surface area contributed by atoms with Crippen molar-refractivity contribution in [2.75, 3.05) is 0 Å². The summed E-state index contributed by atoms with van der Waals surface area (Å²) in [7, 11) is 0. The number of hydrogen-bond donors (Lipinski definition) is 1. The number of carboxylic acid groups (broad SMARTS) is 1. The average Bonchev–Trinajstić information content (AvgIpc) is 2.18. The number of hydrogen-bond acceptors (Lipinski definition) is 3. The van der Waals surface area contributed by atoms with E-state index >= 15 is 0 Å². The lowest BCUT2D eigenvalue weighted by atomic mass is 10.2. The Morgan fingerprint density at radius 3 is 2.87 bits per heavy atom. The van der Waals surface area contributed by atoms with Crippen LogP contribution in [0.25, 0.3) is 6.08 Å². The fourth-order valence-corrected chi connectivity index (χ4v) is 1.20. The molecule has 0 aliphatic rings. The van der Waals surface area contributed by atoms with Crippen molar-refractivity contribution >= 4 is 12.0 Å². The van der Waals surface area contributed by atoms with Gasteiger partial charge in [0.15, 0.2) is 0 Å². The zero-order valence-corrected chi connectivity index (χ0v) is 8.60. The minimum Gasteiger partial charge on any atom is -0.478 e. The van der Waals surface area contributed by atoms with Gasteiger partial charge in [-0.1, -0.05) is 0 Å². The standard InChI is InChI=1S/C10H12N2O3/c1-3-12-10(15)8(4-5-9(13)14)6-7(2)11-12/h4-6H,3H2,1-2H3,(H,13,14)/b5-4+. The molecule has 1 N–H and O–H groups in total. The third-order valence-electron chi connectivity index (χ3n) is 1.83. The summed E-state index contributed by atoms with van der Waals surface area (Å²) >= 11 is 0. The van der Waals surface area contributed by atoms with Crippen molar-refractivity contribution in [1.29, 1.82) is 0 Å². The summed E-state index contributed by atoms with van der Waals surface area (Å²) in [6.07, 6.45) is 2.22. The second-order valence-electron chi connectivity index (χ2n) is 3.03. The number of aryl methyl sites for hydroxylation is 2. The zero-order chi connectivity index (χ0) is 11.4. The second kappa shape index (κ2) is 4.54. The Balaban J connectivity index is 3.24. The molecule has 5 nitrogen and oxygen atoms in total. The van der Waals surface area contributed by atoms with E-state index in [4.69, 9.17) is 5.11 Å². The van der Waals surface area contributed by atoms with Crippen LogP contribution in [0, 0.1) is 6.92 Å². The smallest absolute Gasteiger partial charge is 0.328 e. The maximum Gasteiger partial charge on any atom is 0.328 e. The number of carboxylic acids is 1. The Kier molecular flexibility index (Phi) is 3.38. The third-order valence-corrected chi connectivity index (χ3v) is 1.83. The summed E-state index contributed by atoms with van der Waals surface area (Å²) in [5, 5.41) is 12.5. The predicted octanol–water partition coefficient (Wildman–Crippen LogP) is 0.669. The molecule has 0 radical (unpaired) electrons. The van der Waals surface area contributed by atoms with E-state index in [0.717, 1.165) is 6.08 Å². The van der Waals surface area contributed by atoms with E-state index in [0.29, 0.717) is 17.8 Å². The van der Waals surface area contributed by atoms with Crippen molar-refractivity contribution < 1.29 is 9.90 Å². The average molecular weight is 208 g/mol. The molecule has 0 unspecified atom stereocenters. The van der Waals surface area contributed by atoms with Crippen LogP contribution in [0.1, 0.15) is 18.2 Å². The highest BCUT2D eigenvalue weighted by molar-refractivity contribution is 5.85. The fraction of sp³-hybridized carbons (Fsp3) is 0.300. The highest BCUT2D eigenvalue weighted by Crippen LogP contribution is 1.98. The van der Waals surface area contributed by atoms with E-state index in [2.05, 4.69) is 5.10 Å². The van der Waals surface area contributed by atoms with Crippen molar-refractivity contribution in [3.05, 3.63) is 33.8 Å². The molecule has 0 saturated carbocycles. The van der Waals surface area contributed by atoms with Crippen molar-refractivity contribution in [3.8, 4) is 0 Å². The van der Waals surface area contributed by atoms with Crippen molar-refractivity contribution in [2.24, 2.45) is 0 Å². The van der Waals surface area contributed by atoms with Crippen LogP contribution in [0.4, 0.5) is 0 Å². The van der Waals surface area contributed by atoms with Gasteiger partial charge >= 0.3 is 5.97 Å². The van der Waals surface area contributed by atoms with Gasteiger partial charge in [-0.15, -0.1) is 0 Å². The van der Waals surface area contributed by atoms with Crippen LogP contribution >= 0.6 is 0 Å². The topological polar surface area (TPSA) is 72.2 Å². The molecule has 0 amide bonds. The normalized spacial score (nSPS) is 10.8. The lowest BCUT2D eigenvalue weighted by molar-refractivity contribution is -0.131. The molecule has 0 aromatic carbocycles. The van der Waals surface area contributed by atoms with Gasteiger partial charge in [-0.2, -0.15) is 5.10 Å². The highest BCUT2D eigenvalue weighted by Gasteiger charge is 2.02. The van der Waals surface area contributed by atoms with Gasteiger partial charge in [-0.25, -0.2) is 9.48 Å². The van der Waals surface area contributed by atoms with Crippen LogP contribution in [0.3, 0.4) is 0 Å². The molecule has 15 heavy (non-hydrogen) atoms. The Labute approximate surface area is 86.7 Å². The first-order valence-electron chi connectivity index (χ1n) is 4.54. The Hall–Kier alpha value is -1.91. The molecule has 0 aliphatic heterocycles. The quantitative estimate of drug-likeness (QED) is 0.741. The zero-order valence-electron chi connectivity index (χ0n) is 8.60. The fourth-order valence-electron chi connectivity index (χ4n) is 1.20. The molecule has 80 valence electrons. The molecule has 0 fully saturated rings. The number of rotatable bonds is 3. The molecule has 0 saturated heterocycles. The van der Waals surface area contributed by atoms with Gasteiger partial charge in [0.25, 0.3) is 5.56 Å². The molecule has 1 rings (SSSR count). The van der Waals surface area contributed by atoms with Gasteiger partial charge in [0.05, 0.1) is 5.69 Å². The van der Waals surface area contributed by atoms with Gasteiger partial charge in [0.1, 0.15) is 0 Å². The SMILES string of the molecule is CCn1nc(C)cc(/C=C/C(=O)O)c1=O. The molecule has 1 heterocycles. The minimum atomic E-state index is -1.08. The van der Waals surface area contributed by atoms with Crippen molar-refractivity contribution in [3.63, 3.8) is 0 Å². The molecular weight excluding hydrogens is 196 g/mol. The second-order valence-corrected chi connectivity index (χ2v) is 3.03. The first-order chi connectivity index (χ1) is 7.04. The van der Waals surface area contributed by atoms with Gasteiger partial charge in [0.2, 0.25) is 0 Å². The summed E-state index contributed by atoms with van der Waals surface area (Å²) in [6.45, 7) is 4.02. The summed E-state index contributed by atoms with van der Waals surface area (Å²) in [6, 6.07) is 1.56. The van der Waals surface area contributed by atoms with E-state index in [1.165, 1.54) is 10.8 Å². The molecule has 0 aliphatic carbocycles. The van der Waals surface area contributed by atoms with E-state index < -0.39 is 5.97 Å². The van der Waals surface area contributed by atoms with Gasteiger partial charge in [-0.05, 0) is 26.0 Å². The first-order valence-corrected chi connectivity index (χ1v) is 4.54. The Bertz CT molecular complexity index is 460. The molecule has 1 aromatic heterocycles. The van der Waals surface area contributed by atoms with Gasteiger partial charge in [0, 0.05) is 18.2 Å². The Morgan fingerprint density at radius 1 is 1.67 bits per heavy atom. The van der Waals surface area contributed by atoms with Gasteiger partial charge < -0.3 is 5.11 Å². The summed E-state index contributed by atoms with van der Waals surface area (Å²) in [4.78, 5) is 21.9. The van der Waals surface area contributed by atoms with Crippen LogP contribution in [-0.2, 0) is 11.3 Å². The third kappa shape index (κ3) is 2.77. The van der Waals surface area contributed by atoms with Gasteiger partial charge in [-0.3, -0.25) is 4.79 Å². The van der Waals surface area contributed by atoms with Crippen molar-refractivity contribution in [2.45, 2.75) is 20.4 Å². The lowest BCUT2D eigenvalue weighted by Crippen LogP contribution is -2.24. The van der Waals surface area contributed by atoms with Crippen LogP contribution in [0.15, 0.2) is 16.9 Å². The van der Waals surface area contributed by atoms with Crippen LogP contribution in [0.2, 0.25) is 0 Å².